The van der Waals surface area contributed by atoms with Gasteiger partial charge in [-0.2, -0.15) is 0 Å². The summed E-state index contributed by atoms with van der Waals surface area (Å²) in [5, 5.41) is 9.18. The highest BCUT2D eigenvalue weighted by Gasteiger charge is 2.28. The standard InChI is InChI=1S/C19H18ClFN4O4/c20-14-4-3-11(8-15(14)21)16-12(9-22-5-7-28-16)10-25-6-1-2-13(18(25)26)17-23-24-19(27)29-17/h1-4,6,8,12,16,22H,5,7,9-10H2,(H,24,27)/t12-,16-/m0/s1. The first-order chi connectivity index (χ1) is 14.0. The smallest absolute Gasteiger partial charge is 0.388 e. The number of ether oxygens (including phenoxy) is 1. The summed E-state index contributed by atoms with van der Waals surface area (Å²) in [6.07, 6.45) is 1.22. The number of aromatic amines is 1. The van der Waals surface area contributed by atoms with Crippen LogP contribution in [-0.4, -0.2) is 34.5 Å². The van der Waals surface area contributed by atoms with Gasteiger partial charge in [0.15, 0.2) is 0 Å². The largest absolute Gasteiger partial charge is 0.434 e. The Morgan fingerprint density at radius 3 is 2.93 bits per heavy atom. The van der Waals surface area contributed by atoms with Crippen molar-refractivity contribution in [2.45, 2.75) is 12.6 Å². The number of halogens is 2. The van der Waals surface area contributed by atoms with E-state index in [1.165, 1.54) is 22.8 Å². The second-order valence-electron chi connectivity index (χ2n) is 6.73. The van der Waals surface area contributed by atoms with Crippen LogP contribution in [0, 0.1) is 11.7 Å². The molecule has 10 heteroatoms. The molecule has 152 valence electrons. The highest BCUT2D eigenvalue weighted by atomic mass is 35.5. The highest BCUT2D eigenvalue weighted by Crippen LogP contribution is 2.30. The van der Waals surface area contributed by atoms with E-state index in [9.17, 15) is 14.0 Å². The van der Waals surface area contributed by atoms with Crippen molar-refractivity contribution in [1.82, 2.24) is 20.1 Å². The van der Waals surface area contributed by atoms with Crippen molar-refractivity contribution in [1.29, 1.82) is 0 Å². The first kappa shape index (κ1) is 19.6. The predicted octanol–water partition coefficient (Wildman–Crippen LogP) is 1.96. The molecule has 0 radical (unpaired) electrons. The average molecular weight is 421 g/mol. The van der Waals surface area contributed by atoms with Crippen molar-refractivity contribution in [3.8, 4) is 11.5 Å². The molecule has 0 unspecified atom stereocenters. The number of hydrogen-bond donors (Lipinski definition) is 2. The van der Waals surface area contributed by atoms with E-state index in [2.05, 4.69) is 15.5 Å². The molecule has 29 heavy (non-hydrogen) atoms. The van der Waals surface area contributed by atoms with Gasteiger partial charge in [0, 0.05) is 31.7 Å². The quantitative estimate of drug-likeness (QED) is 0.669. The van der Waals surface area contributed by atoms with Crippen molar-refractivity contribution in [2.75, 3.05) is 19.7 Å². The molecule has 0 aliphatic carbocycles. The van der Waals surface area contributed by atoms with Gasteiger partial charge in [0.2, 0.25) is 0 Å². The topological polar surface area (TPSA) is 102 Å². The molecule has 1 aromatic carbocycles. The molecule has 1 aliphatic rings. The molecule has 1 fully saturated rings. The molecular formula is C19H18ClFN4O4. The van der Waals surface area contributed by atoms with Gasteiger partial charge >= 0.3 is 5.76 Å². The fraction of sp³-hybridized carbons (Fsp3) is 0.316. The lowest BCUT2D eigenvalue weighted by Crippen LogP contribution is -2.32. The summed E-state index contributed by atoms with van der Waals surface area (Å²) in [5.41, 5.74) is 0.471. The van der Waals surface area contributed by atoms with Crippen LogP contribution in [0.1, 0.15) is 11.7 Å². The predicted molar refractivity (Wildman–Crippen MR) is 103 cm³/mol. The van der Waals surface area contributed by atoms with Gasteiger partial charge in [-0.1, -0.05) is 17.7 Å². The molecule has 2 N–H and O–H groups in total. The van der Waals surface area contributed by atoms with Gasteiger partial charge in [0.05, 0.1) is 17.7 Å². The zero-order valence-corrected chi connectivity index (χ0v) is 16.0. The number of benzene rings is 1. The maximum Gasteiger partial charge on any atom is 0.434 e. The third-order valence-electron chi connectivity index (χ3n) is 4.80. The van der Waals surface area contributed by atoms with Crippen LogP contribution < -0.4 is 16.6 Å². The Morgan fingerprint density at radius 1 is 1.31 bits per heavy atom. The molecule has 0 bridgehead atoms. The molecule has 3 aromatic rings. The number of H-pyrrole nitrogens is 1. The van der Waals surface area contributed by atoms with E-state index in [-0.39, 0.29) is 28.0 Å². The van der Waals surface area contributed by atoms with Crippen molar-refractivity contribution in [3.05, 3.63) is 73.8 Å². The lowest BCUT2D eigenvalue weighted by molar-refractivity contribution is 0.0249. The van der Waals surface area contributed by atoms with E-state index >= 15 is 0 Å². The van der Waals surface area contributed by atoms with E-state index in [0.717, 1.165) is 0 Å². The van der Waals surface area contributed by atoms with Gasteiger partial charge in [-0.3, -0.25) is 4.79 Å². The van der Waals surface area contributed by atoms with Gasteiger partial charge in [-0.15, -0.1) is 5.10 Å². The zero-order valence-electron chi connectivity index (χ0n) is 15.2. The summed E-state index contributed by atoms with van der Waals surface area (Å²) in [5.74, 6) is -1.48. The number of nitrogens with zero attached hydrogens (tertiary/aromatic N) is 2. The maximum atomic E-state index is 14.0. The van der Waals surface area contributed by atoms with Crippen LogP contribution in [0.15, 0.2) is 50.5 Å². The van der Waals surface area contributed by atoms with Crippen LogP contribution in [0.4, 0.5) is 4.39 Å². The molecule has 0 amide bonds. The number of pyridine rings is 1. The summed E-state index contributed by atoms with van der Waals surface area (Å²) in [4.78, 5) is 24.1. The molecule has 2 aromatic heterocycles. The minimum absolute atomic E-state index is 0.0430. The van der Waals surface area contributed by atoms with E-state index in [0.29, 0.717) is 31.8 Å². The number of hydrogen-bond acceptors (Lipinski definition) is 6. The Morgan fingerprint density at radius 2 is 2.17 bits per heavy atom. The fourth-order valence-electron chi connectivity index (χ4n) is 3.45. The minimum Gasteiger partial charge on any atom is -0.388 e. The third kappa shape index (κ3) is 4.16. The Labute approximate surface area is 169 Å². The maximum absolute atomic E-state index is 14.0. The Kier molecular flexibility index (Phi) is 5.61. The van der Waals surface area contributed by atoms with Crippen LogP contribution >= 0.6 is 11.6 Å². The first-order valence-corrected chi connectivity index (χ1v) is 9.43. The summed E-state index contributed by atoms with van der Waals surface area (Å²) in [6.45, 7) is 1.99. The van der Waals surface area contributed by atoms with E-state index in [1.807, 2.05) is 0 Å². The molecule has 4 rings (SSSR count). The minimum atomic E-state index is -0.735. The normalized spacial score (nSPS) is 19.8. The van der Waals surface area contributed by atoms with Crippen LogP contribution in [0.2, 0.25) is 5.02 Å². The lowest BCUT2D eigenvalue weighted by atomic mass is 9.95. The van der Waals surface area contributed by atoms with Crippen LogP contribution in [0.5, 0.6) is 0 Å². The fourth-order valence-corrected chi connectivity index (χ4v) is 3.57. The Hall–Kier alpha value is -2.75. The molecule has 1 aliphatic heterocycles. The molecule has 0 saturated carbocycles. The van der Waals surface area contributed by atoms with Crippen molar-refractivity contribution in [3.63, 3.8) is 0 Å². The van der Waals surface area contributed by atoms with Gasteiger partial charge in [-0.05, 0) is 29.8 Å². The van der Waals surface area contributed by atoms with Gasteiger partial charge < -0.3 is 19.0 Å². The van der Waals surface area contributed by atoms with Crippen molar-refractivity contribution in [2.24, 2.45) is 5.92 Å². The molecule has 2 atom stereocenters. The lowest BCUT2D eigenvalue weighted by Gasteiger charge is -2.26. The summed E-state index contributed by atoms with van der Waals surface area (Å²) in [7, 11) is 0. The summed E-state index contributed by atoms with van der Waals surface area (Å²) < 4.78 is 26.4. The molecule has 8 nitrogen and oxygen atoms in total. The molecule has 0 spiro atoms. The van der Waals surface area contributed by atoms with E-state index in [4.69, 9.17) is 20.8 Å². The molecular weight excluding hydrogens is 403 g/mol. The highest BCUT2D eigenvalue weighted by molar-refractivity contribution is 6.30. The van der Waals surface area contributed by atoms with E-state index < -0.39 is 17.7 Å². The monoisotopic (exact) mass is 420 g/mol. The second kappa shape index (κ2) is 8.32. The first-order valence-electron chi connectivity index (χ1n) is 9.05. The van der Waals surface area contributed by atoms with Gasteiger partial charge in [0.25, 0.3) is 11.4 Å². The van der Waals surface area contributed by atoms with Crippen molar-refractivity contribution >= 4 is 11.6 Å². The zero-order chi connectivity index (χ0) is 20.4. The van der Waals surface area contributed by atoms with Crippen LogP contribution in [0.3, 0.4) is 0 Å². The van der Waals surface area contributed by atoms with E-state index in [1.54, 1.807) is 18.3 Å². The Balaban J connectivity index is 1.66. The third-order valence-corrected chi connectivity index (χ3v) is 5.11. The van der Waals surface area contributed by atoms with Crippen LogP contribution in [0.25, 0.3) is 11.5 Å². The molecule has 3 heterocycles. The van der Waals surface area contributed by atoms with Crippen molar-refractivity contribution < 1.29 is 13.5 Å². The molecule has 1 saturated heterocycles. The van der Waals surface area contributed by atoms with Crippen LogP contribution in [-0.2, 0) is 11.3 Å². The second-order valence-corrected chi connectivity index (χ2v) is 7.13. The van der Waals surface area contributed by atoms with Gasteiger partial charge in [-0.25, -0.2) is 14.3 Å². The SMILES string of the molecule is O=c1[nH]nc(-c2cccn(C[C@@H]3CNCCO[C@H]3c3ccc(Cl)c(F)c3)c2=O)o1. The average Bonchev–Trinajstić information content (AvgIpc) is 3.00. The Bertz CT molecular complexity index is 1130. The number of rotatable bonds is 4. The number of aromatic nitrogens is 3. The number of nitrogens with one attached hydrogen (secondary N) is 2. The van der Waals surface area contributed by atoms with Gasteiger partial charge in [0.1, 0.15) is 11.4 Å². The summed E-state index contributed by atoms with van der Waals surface area (Å²) >= 11 is 5.80. The summed E-state index contributed by atoms with van der Waals surface area (Å²) in [6, 6.07) is 7.80.